The number of hydrogen-bond acceptors (Lipinski definition) is 7. The Bertz CT molecular complexity index is 1130. The molecule has 0 aromatic heterocycles. The van der Waals surface area contributed by atoms with Crippen molar-refractivity contribution in [3.05, 3.63) is 90.0 Å². The van der Waals surface area contributed by atoms with Crippen molar-refractivity contribution in [1.29, 1.82) is 0 Å². The van der Waals surface area contributed by atoms with E-state index in [0.29, 0.717) is 66.8 Å². The van der Waals surface area contributed by atoms with Crippen LogP contribution < -0.4 is 14.8 Å². The van der Waals surface area contributed by atoms with Crippen LogP contribution >= 0.6 is 30.8 Å². The Kier molecular flexibility index (Phi) is 12.3. The molecule has 10 heteroatoms. The third kappa shape index (κ3) is 9.90. The van der Waals surface area contributed by atoms with Crippen LogP contribution in [0.3, 0.4) is 0 Å². The largest absolute Gasteiger partial charge is 0.494 e. The zero-order valence-corrected chi connectivity index (χ0v) is 23.1. The van der Waals surface area contributed by atoms with Gasteiger partial charge in [-0.1, -0.05) is 18.2 Å². The van der Waals surface area contributed by atoms with Crippen LogP contribution in [-0.2, 0) is 13.6 Å². The van der Waals surface area contributed by atoms with E-state index in [4.69, 9.17) is 41.7 Å². The number of ether oxygens (including phenoxy) is 2. The van der Waals surface area contributed by atoms with Gasteiger partial charge in [0.15, 0.2) is 0 Å². The maximum absolute atomic E-state index is 13.5. The molecule has 0 aliphatic heterocycles. The predicted molar refractivity (Wildman–Crippen MR) is 148 cm³/mol. The van der Waals surface area contributed by atoms with Crippen molar-refractivity contribution in [3.8, 4) is 11.5 Å². The predicted octanol–water partition coefficient (Wildman–Crippen LogP) is 7.01. The molecule has 0 bridgehead atoms. The summed E-state index contributed by atoms with van der Waals surface area (Å²) < 4.78 is 36.4. The summed E-state index contributed by atoms with van der Waals surface area (Å²) in [6.45, 7) is 1.39. The van der Waals surface area contributed by atoms with Gasteiger partial charge in [-0.2, -0.15) is 0 Å². The quantitative estimate of drug-likeness (QED) is 0.0966. The first kappa shape index (κ1) is 29.9. The number of hydrogen-bond donors (Lipinski definition) is 0. The third-order valence-corrected chi connectivity index (χ3v) is 7.78. The zero-order chi connectivity index (χ0) is 27.2. The monoisotopic (exact) mass is 578 g/mol. The molecule has 0 radical (unpaired) electrons. The second kappa shape index (κ2) is 15.7. The molecule has 202 valence electrons. The Morgan fingerprint density at radius 2 is 0.974 bits per heavy atom. The van der Waals surface area contributed by atoms with Crippen LogP contribution in [0.25, 0.3) is 0 Å². The topological polar surface area (TPSA) is 88.1 Å². The normalized spacial score (nSPS) is 11.2. The van der Waals surface area contributed by atoms with Crippen LogP contribution in [-0.4, -0.2) is 36.9 Å². The molecule has 0 heterocycles. The van der Waals surface area contributed by atoms with E-state index in [2.05, 4.69) is 0 Å². The van der Waals surface area contributed by atoms with E-state index in [0.717, 1.165) is 0 Å². The van der Waals surface area contributed by atoms with Crippen LogP contribution in [0, 0.1) is 0 Å². The van der Waals surface area contributed by atoms with Gasteiger partial charge < -0.3 is 18.5 Å². The molecular weight excluding hydrogens is 550 g/mol. The second-order valence-corrected chi connectivity index (χ2v) is 10.9. The number of rotatable bonds is 17. The molecule has 3 aromatic carbocycles. The second-order valence-electron chi connectivity index (χ2n) is 8.21. The van der Waals surface area contributed by atoms with E-state index in [9.17, 15) is 14.2 Å². The van der Waals surface area contributed by atoms with Crippen LogP contribution in [0.2, 0.25) is 0 Å². The van der Waals surface area contributed by atoms with Crippen molar-refractivity contribution in [2.24, 2.45) is 0 Å². The Morgan fingerprint density at radius 3 is 1.37 bits per heavy atom. The maximum atomic E-state index is 13.5. The number of carbonyl (C=O) groups is 2. The lowest BCUT2D eigenvalue weighted by molar-refractivity contribution is 0.107. The van der Waals surface area contributed by atoms with Crippen LogP contribution in [0.5, 0.6) is 11.5 Å². The molecule has 0 fully saturated rings. The highest BCUT2D eigenvalue weighted by atomic mass is 35.5. The molecule has 3 aromatic rings. The smallest absolute Gasteiger partial charge is 0.361 e. The summed E-state index contributed by atoms with van der Waals surface area (Å²) in [5, 5.41) is -0.517. The van der Waals surface area contributed by atoms with Crippen LogP contribution in [0.4, 0.5) is 0 Å². The summed E-state index contributed by atoms with van der Waals surface area (Å²) in [6, 6.07) is 22.1. The van der Waals surface area contributed by atoms with Gasteiger partial charge in [-0.3, -0.25) is 14.2 Å². The molecule has 0 saturated heterocycles. The Balaban J connectivity index is 1.38. The molecule has 3 rings (SSSR count). The average molecular weight is 579 g/mol. The summed E-state index contributed by atoms with van der Waals surface area (Å²) in [7, 11) is -3.49. The summed E-state index contributed by atoms with van der Waals surface area (Å²) in [6.07, 6.45) is 2.62. The van der Waals surface area contributed by atoms with Crippen molar-refractivity contribution in [2.45, 2.75) is 25.7 Å². The van der Waals surface area contributed by atoms with E-state index >= 15 is 0 Å². The van der Waals surface area contributed by atoms with Gasteiger partial charge in [0.25, 0.3) is 10.5 Å². The van der Waals surface area contributed by atoms with Gasteiger partial charge in [0.1, 0.15) is 11.5 Å². The number of carbonyl (C=O) groups excluding carboxylic acids is 2. The maximum Gasteiger partial charge on any atom is 0.361 e. The first-order valence-corrected chi connectivity index (χ1v) is 14.5. The molecule has 0 saturated carbocycles. The van der Waals surface area contributed by atoms with Gasteiger partial charge in [0.2, 0.25) is 0 Å². The minimum Gasteiger partial charge on any atom is -0.494 e. The van der Waals surface area contributed by atoms with Crippen molar-refractivity contribution in [1.82, 2.24) is 0 Å². The average Bonchev–Trinajstić information content (AvgIpc) is 2.93. The number of halogens is 2. The van der Waals surface area contributed by atoms with Crippen molar-refractivity contribution in [2.75, 3.05) is 26.4 Å². The zero-order valence-electron chi connectivity index (χ0n) is 20.7. The van der Waals surface area contributed by atoms with Crippen LogP contribution in [0.1, 0.15) is 46.4 Å². The minimum atomic E-state index is -3.49. The van der Waals surface area contributed by atoms with Crippen molar-refractivity contribution in [3.63, 3.8) is 0 Å². The summed E-state index contributed by atoms with van der Waals surface area (Å²) >= 11 is 10.9. The lowest BCUT2D eigenvalue weighted by atomic mass is 10.2. The summed E-state index contributed by atoms with van der Waals surface area (Å²) in [5.74, 6) is 1.27. The van der Waals surface area contributed by atoms with E-state index < -0.39 is 18.1 Å². The fraction of sp³-hybridized carbons (Fsp3) is 0.286. The van der Waals surface area contributed by atoms with Gasteiger partial charge in [-0.05, 0) is 110 Å². The highest BCUT2D eigenvalue weighted by Gasteiger charge is 2.27. The minimum absolute atomic E-state index is 0.249. The molecule has 0 spiro atoms. The fourth-order valence-electron chi connectivity index (χ4n) is 3.32. The molecule has 0 N–H and O–H groups in total. The fourth-order valence-corrected chi connectivity index (χ4v) is 5.22. The van der Waals surface area contributed by atoms with Gasteiger partial charge in [0, 0.05) is 11.1 Å². The first-order valence-electron chi connectivity index (χ1n) is 12.2. The third-order valence-electron chi connectivity index (χ3n) is 5.37. The lowest BCUT2D eigenvalue weighted by Crippen LogP contribution is -2.12. The molecule has 7 nitrogen and oxygen atoms in total. The van der Waals surface area contributed by atoms with Crippen molar-refractivity contribution < 1.29 is 32.7 Å². The summed E-state index contributed by atoms with van der Waals surface area (Å²) in [4.78, 5) is 22.2. The Labute approximate surface area is 232 Å². The standard InChI is InChI=1S/C28H29Cl2O7P/c29-27(31)22-10-14-24(15-11-22)34-18-4-6-20-36-38(33,26-8-2-1-3-9-26)37-21-7-5-19-35-25-16-12-23(13-17-25)28(30)32/h1-3,8-17H,4-7,18-21H2. The Morgan fingerprint density at radius 1 is 0.579 bits per heavy atom. The van der Waals surface area contributed by atoms with Gasteiger partial charge in [0.05, 0.1) is 31.7 Å². The van der Waals surface area contributed by atoms with Crippen LogP contribution in [0.15, 0.2) is 78.9 Å². The highest BCUT2D eigenvalue weighted by molar-refractivity contribution is 7.62. The lowest BCUT2D eigenvalue weighted by Gasteiger charge is -2.19. The molecule has 38 heavy (non-hydrogen) atoms. The van der Waals surface area contributed by atoms with Gasteiger partial charge >= 0.3 is 7.60 Å². The number of benzene rings is 3. The highest BCUT2D eigenvalue weighted by Crippen LogP contribution is 2.47. The molecule has 0 atom stereocenters. The molecule has 0 amide bonds. The molecule has 0 unspecified atom stereocenters. The SMILES string of the molecule is O=C(Cl)c1ccc(OCCCCOP(=O)(OCCCCOc2ccc(C(=O)Cl)cc2)c2ccccc2)cc1. The molecular formula is C28H29Cl2O7P. The van der Waals surface area contributed by atoms with E-state index in [-0.39, 0.29) is 13.2 Å². The Hall–Kier alpha value is -2.67. The molecule has 0 aliphatic rings. The first-order chi connectivity index (χ1) is 18.4. The van der Waals surface area contributed by atoms with Gasteiger partial charge in [-0.15, -0.1) is 0 Å². The molecule has 0 aliphatic carbocycles. The van der Waals surface area contributed by atoms with Crippen molar-refractivity contribution >= 4 is 46.6 Å². The van der Waals surface area contributed by atoms with E-state index in [1.54, 1.807) is 72.8 Å². The van der Waals surface area contributed by atoms with Gasteiger partial charge in [-0.25, -0.2) is 0 Å². The van der Waals surface area contributed by atoms with E-state index in [1.807, 2.05) is 6.07 Å². The van der Waals surface area contributed by atoms with E-state index in [1.165, 1.54) is 0 Å². The summed E-state index contributed by atoms with van der Waals surface area (Å²) in [5.41, 5.74) is 0.820. The number of unbranched alkanes of at least 4 members (excludes halogenated alkanes) is 2.